The summed E-state index contributed by atoms with van der Waals surface area (Å²) in [7, 11) is 0. The van der Waals surface area contributed by atoms with Crippen LogP contribution in [0.3, 0.4) is 0 Å². The molecule has 0 fully saturated rings. The summed E-state index contributed by atoms with van der Waals surface area (Å²) >= 11 is 6.00. The molecular weight excluding hydrogens is 277 g/mol. The summed E-state index contributed by atoms with van der Waals surface area (Å²) in [6.07, 6.45) is 3.45. The third-order valence-corrected chi connectivity index (χ3v) is 3.66. The topological polar surface area (TPSA) is 30.7 Å². The molecule has 0 amide bonds. The molecule has 1 aromatic carbocycles. The summed E-state index contributed by atoms with van der Waals surface area (Å²) in [6.45, 7) is 2.05. The van der Waals surface area contributed by atoms with E-state index >= 15 is 0 Å². The lowest BCUT2D eigenvalue weighted by Crippen LogP contribution is -2.10. The van der Waals surface area contributed by atoms with Crippen LogP contribution >= 0.6 is 11.6 Å². The highest BCUT2D eigenvalue weighted by molar-refractivity contribution is 6.16. The van der Waals surface area contributed by atoms with Gasteiger partial charge in [-0.05, 0) is 30.7 Å². The summed E-state index contributed by atoms with van der Waals surface area (Å²) in [6, 6.07) is 8.44. The maximum absolute atomic E-state index is 13.0. The number of alkyl halides is 1. The molecule has 1 atom stereocenters. The van der Waals surface area contributed by atoms with Gasteiger partial charge in [0.1, 0.15) is 17.2 Å². The first-order valence-electron chi connectivity index (χ1n) is 6.33. The normalized spacial score (nSPS) is 12.8. The maximum Gasteiger partial charge on any atom is 0.125 e. The minimum Gasteiger partial charge on any atom is -0.320 e. The molecule has 3 aromatic rings. The van der Waals surface area contributed by atoms with Crippen molar-refractivity contribution in [1.29, 1.82) is 0 Å². The number of hydrogen-bond donors (Lipinski definition) is 0. The number of benzene rings is 1. The Morgan fingerprint density at radius 1 is 1.25 bits per heavy atom. The Kier molecular flexibility index (Phi) is 3.40. The van der Waals surface area contributed by atoms with E-state index in [9.17, 15) is 4.39 Å². The minimum absolute atomic E-state index is 0.0248. The van der Waals surface area contributed by atoms with Crippen LogP contribution in [0.2, 0.25) is 0 Å². The number of fused-ring (bicyclic) bond motifs is 1. The lowest BCUT2D eigenvalue weighted by atomic mass is 10.1. The van der Waals surface area contributed by atoms with Crippen LogP contribution in [0.5, 0.6) is 0 Å². The van der Waals surface area contributed by atoms with Gasteiger partial charge in [0.05, 0.1) is 23.6 Å². The first-order chi connectivity index (χ1) is 9.70. The Labute approximate surface area is 121 Å². The molecule has 0 N–H and O–H groups in total. The summed E-state index contributed by atoms with van der Waals surface area (Å²) in [4.78, 5) is 8.57. The van der Waals surface area contributed by atoms with E-state index in [2.05, 4.69) is 14.5 Å². The van der Waals surface area contributed by atoms with Crippen molar-refractivity contribution in [2.24, 2.45) is 0 Å². The summed E-state index contributed by atoms with van der Waals surface area (Å²) in [5, 5.41) is 0. The Morgan fingerprint density at radius 3 is 2.70 bits per heavy atom. The van der Waals surface area contributed by atoms with Gasteiger partial charge >= 0.3 is 0 Å². The number of imidazole rings is 1. The number of hydrogen-bond acceptors (Lipinski definition) is 2. The molecule has 0 bridgehead atoms. The van der Waals surface area contributed by atoms with Crippen molar-refractivity contribution in [3.63, 3.8) is 0 Å². The van der Waals surface area contributed by atoms with Crippen molar-refractivity contribution in [1.82, 2.24) is 14.5 Å². The number of nitrogens with zero attached hydrogens (tertiary/aromatic N) is 3. The molecule has 5 heteroatoms. The van der Waals surface area contributed by atoms with Crippen LogP contribution in [0.15, 0.2) is 42.7 Å². The number of halogens is 2. The van der Waals surface area contributed by atoms with Crippen LogP contribution in [-0.4, -0.2) is 14.5 Å². The van der Waals surface area contributed by atoms with E-state index < -0.39 is 0 Å². The number of rotatable bonds is 3. The molecule has 3 nitrogen and oxygen atoms in total. The Bertz CT molecular complexity index is 736. The average molecular weight is 290 g/mol. The van der Waals surface area contributed by atoms with E-state index in [1.807, 2.05) is 13.0 Å². The van der Waals surface area contributed by atoms with E-state index in [-0.39, 0.29) is 11.9 Å². The van der Waals surface area contributed by atoms with Crippen molar-refractivity contribution in [2.45, 2.75) is 18.8 Å². The van der Waals surface area contributed by atoms with Gasteiger partial charge in [-0.15, -0.1) is 11.6 Å². The molecule has 0 saturated heterocycles. The summed E-state index contributed by atoms with van der Waals surface area (Å²) in [5.74, 6) is 0.866. The zero-order valence-electron chi connectivity index (χ0n) is 10.9. The van der Waals surface area contributed by atoms with Crippen molar-refractivity contribution in [3.05, 3.63) is 59.9 Å². The molecule has 0 radical (unpaired) electrons. The van der Waals surface area contributed by atoms with E-state index in [1.165, 1.54) is 12.1 Å². The lowest BCUT2D eigenvalue weighted by molar-refractivity contribution is 0.614. The highest BCUT2D eigenvalue weighted by Crippen LogP contribution is 2.26. The third-order valence-electron chi connectivity index (χ3n) is 3.42. The predicted octanol–water partition coefficient (Wildman–Crippen LogP) is 3.92. The van der Waals surface area contributed by atoms with E-state index in [0.717, 1.165) is 22.4 Å². The standard InChI is InChI=1S/C15H13ClFN3/c1-10(11-2-4-12(17)5-3-11)20-14-6-7-18-9-13(14)19-15(20)8-16/h2-7,9-10H,8H2,1H3. The van der Waals surface area contributed by atoms with Gasteiger partial charge in [-0.3, -0.25) is 4.98 Å². The van der Waals surface area contributed by atoms with Gasteiger partial charge in [0.15, 0.2) is 0 Å². The van der Waals surface area contributed by atoms with Gasteiger partial charge in [-0.1, -0.05) is 12.1 Å². The van der Waals surface area contributed by atoms with Gasteiger partial charge in [0.2, 0.25) is 0 Å². The smallest absolute Gasteiger partial charge is 0.125 e. The highest BCUT2D eigenvalue weighted by atomic mass is 35.5. The minimum atomic E-state index is -0.238. The SMILES string of the molecule is CC(c1ccc(F)cc1)n1c(CCl)nc2cnccc21. The van der Waals surface area contributed by atoms with E-state index in [1.54, 1.807) is 24.5 Å². The second kappa shape index (κ2) is 5.21. The number of pyridine rings is 1. The second-order valence-electron chi connectivity index (χ2n) is 4.62. The quantitative estimate of drug-likeness (QED) is 0.684. The van der Waals surface area contributed by atoms with Crippen LogP contribution in [0.1, 0.15) is 24.4 Å². The van der Waals surface area contributed by atoms with Gasteiger partial charge in [-0.25, -0.2) is 9.37 Å². The van der Waals surface area contributed by atoms with Crippen LogP contribution in [-0.2, 0) is 5.88 Å². The van der Waals surface area contributed by atoms with Crippen LogP contribution in [0.25, 0.3) is 11.0 Å². The van der Waals surface area contributed by atoms with Crippen molar-refractivity contribution < 1.29 is 4.39 Å². The molecule has 3 rings (SSSR count). The molecule has 0 aliphatic heterocycles. The Hall–Kier alpha value is -1.94. The monoisotopic (exact) mass is 289 g/mol. The average Bonchev–Trinajstić information content (AvgIpc) is 2.85. The molecule has 1 unspecified atom stereocenters. The molecule has 0 saturated carbocycles. The summed E-state index contributed by atoms with van der Waals surface area (Å²) < 4.78 is 15.1. The van der Waals surface area contributed by atoms with Gasteiger partial charge in [0, 0.05) is 6.20 Å². The fourth-order valence-corrected chi connectivity index (χ4v) is 2.61. The van der Waals surface area contributed by atoms with Crippen LogP contribution in [0.4, 0.5) is 4.39 Å². The molecule has 0 spiro atoms. The fourth-order valence-electron chi connectivity index (χ4n) is 2.42. The molecule has 2 aromatic heterocycles. The van der Waals surface area contributed by atoms with E-state index in [0.29, 0.717) is 5.88 Å². The van der Waals surface area contributed by atoms with Crippen LogP contribution in [0, 0.1) is 5.82 Å². The van der Waals surface area contributed by atoms with Crippen molar-refractivity contribution in [2.75, 3.05) is 0 Å². The molecular formula is C15H13ClFN3. The zero-order valence-corrected chi connectivity index (χ0v) is 11.7. The fraction of sp³-hybridized carbons (Fsp3) is 0.200. The first-order valence-corrected chi connectivity index (χ1v) is 6.86. The van der Waals surface area contributed by atoms with Crippen LogP contribution < -0.4 is 0 Å². The third kappa shape index (κ3) is 2.16. The van der Waals surface area contributed by atoms with E-state index in [4.69, 9.17) is 11.6 Å². The maximum atomic E-state index is 13.0. The Balaban J connectivity index is 2.15. The second-order valence-corrected chi connectivity index (χ2v) is 4.89. The highest BCUT2D eigenvalue weighted by Gasteiger charge is 2.16. The molecule has 20 heavy (non-hydrogen) atoms. The summed E-state index contributed by atoms with van der Waals surface area (Å²) in [5.41, 5.74) is 2.80. The largest absolute Gasteiger partial charge is 0.320 e. The predicted molar refractivity (Wildman–Crippen MR) is 77.3 cm³/mol. The van der Waals surface area contributed by atoms with Crippen molar-refractivity contribution >= 4 is 22.6 Å². The molecule has 2 heterocycles. The lowest BCUT2D eigenvalue weighted by Gasteiger charge is -2.17. The molecule has 0 aliphatic carbocycles. The van der Waals surface area contributed by atoms with Gasteiger partial charge < -0.3 is 4.57 Å². The zero-order chi connectivity index (χ0) is 14.1. The van der Waals surface area contributed by atoms with Gasteiger partial charge in [0.25, 0.3) is 0 Å². The van der Waals surface area contributed by atoms with Gasteiger partial charge in [-0.2, -0.15) is 0 Å². The molecule has 0 aliphatic rings. The number of aromatic nitrogens is 3. The van der Waals surface area contributed by atoms with Crippen molar-refractivity contribution in [3.8, 4) is 0 Å². The Morgan fingerprint density at radius 2 is 2.00 bits per heavy atom. The molecule has 102 valence electrons. The first kappa shape index (κ1) is 13.1.